The van der Waals surface area contributed by atoms with Crippen LogP contribution in [0.4, 0.5) is 0 Å². The van der Waals surface area contributed by atoms with Gasteiger partial charge in [0, 0.05) is 24.0 Å². The Bertz CT molecular complexity index is 543. The summed E-state index contributed by atoms with van der Waals surface area (Å²) in [5.74, 6) is 1.37. The van der Waals surface area contributed by atoms with Crippen molar-refractivity contribution >= 4 is 0 Å². The minimum absolute atomic E-state index is 0.129. The molecule has 1 aliphatic heterocycles. The van der Waals surface area contributed by atoms with Gasteiger partial charge in [0.15, 0.2) is 0 Å². The molecule has 1 fully saturated rings. The maximum Gasteiger partial charge on any atom is 0.234 e. The Balaban J connectivity index is 1.76. The quantitative estimate of drug-likeness (QED) is 0.893. The fourth-order valence-corrected chi connectivity index (χ4v) is 2.33. The fraction of sp³-hybridized carbons (Fsp3) is 0.500. The van der Waals surface area contributed by atoms with E-state index in [4.69, 9.17) is 9.26 Å². The average molecular weight is 274 g/mol. The molecule has 0 aromatic carbocycles. The second kappa shape index (κ2) is 6.11. The summed E-state index contributed by atoms with van der Waals surface area (Å²) in [6, 6.07) is 3.99. The fourth-order valence-electron chi connectivity index (χ4n) is 2.33. The van der Waals surface area contributed by atoms with E-state index in [-0.39, 0.29) is 12.0 Å². The summed E-state index contributed by atoms with van der Waals surface area (Å²) in [5.41, 5.74) is 0.909. The van der Waals surface area contributed by atoms with E-state index in [9.17, 15) is 0 Å². The first kappa shape index (κ1) is 13.2. The summed E-state index contributed by atoms with van der Waals surface area (Å²) in [4.78, 5) is 8.48. The van der Waals surface area contributed by atoms with Gasteiger partial charge in [-0.25, -0.2) is 0 Å². The van der Waals surface area contributed by atoms with Gasteiger partial charge in [0.25, 0.3) is 0 Å². The largest absolute Gasteiger partial charge is 0.379 e. The van der Waals surface area contributed by atoms with Crippen LogP contribution in [0.15, 0.2) is 29.0 Å². The number of rotatable bonds is 5. The Morgan fingerprint density at radius 1 is 1.30 bits per heavy atom. The van der Waals surface area contributed by atoms with Crippen LogP contribution >= 0.6 is 0 Å². The first-order chi connectivity index (χ1) is 9.88. The molecule has 0 saturated carbocycles. The molecule has 1 saturated heterocycles. The van der Waals surface area contributed by atoms with E-state index in [0.717, 1.165) is 18.5 Å². The average Bonchev–Trinajstić information content (AvgIpc) is 3.14. The summed E-state index contributed by atoms with van der Waals surface area (Å²) >= 11 is 0. The van der Waals surface area contributed by atoms with Crippen LogP contribution in [0.1, 0.15) is 25.2 Å². The standard InChI is InChI=1S/C14H18N4O2/c1-2-5-16-12-9-19-8-11(12)14-17-13(18-20-14)10-3-6-15-7-4-10/h3-4,6-7,11-12,16H,2,5,8-9H2,1H3. The lowest BCUT2D eigenvalue weighted by Gasteiger charge is -2.14. The molecule has 2 aromatic heterocycles. The molecule has 106 valence electrons. The lowest BCUT2D eigenvalue weighted by molar-refractivity contribution is 0.184. The van der Waals surface area contributed by atoms with E-state index in [1.165, 1.54) is 0 Å². The van der Waals surface area contributed by atoms with Crippen LogP contribution < -0.4 is 5.32 Å². The highest BCUT2D eigenvalue weighted by molar-refractivity contribution is 5.52. The number of aromatic nitrogens is 3. The Morgan fingerprint density at radius 2 is 2.15 bits per heavy atom. The van der Waals surface area contributed by atoms with E-state index < -0.39 is 0 Å². The van der Waals surface area contributed by atoms with Gasteiger partial charge in [0.1, 0.15) is 0 Å². The Hall–Kier alpha value is -1.79. The highest BCUT2D eigenvalue weighted by Crippen LogP contribution is 2.26. The predicted octanol–water partition coefficient (Wildman–Crippen LogP) is 1.61. The third-order valence-corrected chi connectivity index (χ3v) is 3.43. The Morgan fingerprint density at radius 3 is 2.95 bits per heavy atom. The highest BCUT2D eigenvalue weighted by Gasteiger charge is 2.33. The van der Waals surface area contributed by atoms with Crippen LogP contribution in [0.5, 0.6) is 0 Å². The molecule has 1 aliphatic rings. The molecular formula is C14H18N4O2. The molecule has 0 amide bonds. The zero-order valence-electron chi connectivity index (χ0n) is 11.5. The van der Waals surface area contributed by atoms with Gasteiger partial charge in [-0.15, -0.1) is 0 Å². The van der Waals surface area contributed by atoms with Crippen LogP contribution in [-0.4, -0.2) is 40.9 Å². The van der Waals surface area contributed by atoms with Crippen molar-refractivity contribution in [3.8, 4) is 11.4 Å². The molecule has 0 bridgehead atoms. The topological polar surface area (TPSA) is 73.1 Å². The summed E-state index contributed by atoms with van der Waals surface area (Å²) < 4.78 is 10.9. The lowest BCUT2D eigenvalue weighted by atomic mass is 10.0. The second-order valence-corrected chi connectivity index (χ2v) is 4.90. The first-order valence-electron chi connectivity index (χ1n) is 6.93. The van der Waals surface area contributed by atoms with Crippen molar-refractivity contribution in [1.29, 1.82) is 0 Å². The van der Waals surface area contributed by atoms with E-state index in [1.807, 2.05) is 12.1 Å². The minimum Gasteiger partial charge on any atom is -0.379 e. The first-order valence-corrected chi connectivity index (χ1v) is 6.93. The number of pyridine rings is 1. The molecule has 1 N–H and O–H groups in total. The lowest BCUT2D eigenvalue weighted by Crippen LogP contribution is -2.34. The molecule has 6 nitrogen and oxygen atoms in total. The van der Waals surface area contributed by atoms with Crippen molar-refractivity contribution in [2.45, 2.75) is 25.3 Å². The van der Waals surface area contributed by atoms with Crippen molar-refractivity contribution in [2.24, 2.45) is 0 Å². The summed E-state index contributed by atoms with van der Waals surface area (Å²) in [6.45, 7) is 4.43. The van der Waals surface area contributed by atoms with Gasteiger partial charge < -0.3 is 14.6 Å². The van der Waals surface area contributed by atoms with Crippen LogP contribution in [-0.2, 0) is 4.74 Å². The van der Waals surface area contributed by atoms with Crippen molar-refractivity contribution in [3.05, 3.63) is 30.4 Å². The minimum atomic E-state index is 0.129. The number of nitrogens with one attached hydrogen (secondary N) is 1. The molecular weight excluding hydrogens is 256 g/mol. The SMILES string of the molecule is CCCNC1COCC1c1nc(-c2ccncc2)no1. The molecule has 2 unspecified atom stereocenters. The van der Waals surface area contributed by atoms with E-state index >= 15 is 0 Å². The van der Waals surface area contributed by atoms with Crippen molar-refractivity contribution < 1.29 is 9.26 Å². The molecule has 2 aromatic rings. The van der Waals surface area contributed by atoms with Gasteiger partial charge >= 0.3 is 0 Å². The Kier molecular flexibility index (Phi) is 4.03. The number of ether oxygens (including phenoxy) is 1. The summed E-state index contributed by atoms with van der Waals surface area (Å²) in [7, 11) is 0. The molecule has 6 heteroatoms. The molecule has 20 heavy (non-hydrogen) atoms. The third-order valence-electron chi connectivity index (χ3n) is 3.43. The summed E-state index contributed by atoms with van der Waals surface area (Å²) in [5, 5.41) is 7.51. The van der Waals surface area contributed by atoms with E-state index in [1.54, 1.807) is 12.4 Å². The normalized spacial score (nSPS) is 22.2. The van der Waals surface area contributed by atoms with Crippen LogP contribution in [0.3, 0.4) is 0 Å². The van der Waals surface area contributed by atoms with Crippen molar-refractivity contribution in [1.82, 2.24) is 20.4 Å². The molecule has 0 aliphatic carbocycles. The van der Waals surface area contributed by atoms with Crippen LogP contribution in [0.2, 0.25) is 0 Å². The maximum absolute atomic E-state index is 5.54. The van der Waals surface area contributed by atoms with Crippen LogP contribution in [0.25, 0.3) is 11.4 Å². The van der Waals surface area contributed by atoms with Gasteiger partial charge in [0.2, 0.25) is 11.7 Å². The second-order valence-electron chi connectivity index (χ2n) is 4.90. The zero-order chi connectivity index (χ0) is 13.8. The number of hydrogen-bond donors (Lipinski definition) is 1. The molecule has 3 rings (SSSR count). The zero-order valence-corrected chi connectivity index (χ0v) is 11.5. The van der Waals surface area contributed by atoms with E-state index in [0.29, 0.717) is 24.9 Å². The van der Waals surface area contributed by atoms with Crippen molar-refractivity contribution in [2.75, 3.05) is 19.8 Å². The third kappa shape index (κ3) is 2.71. The van der Waals surface area contributed by atoms with E-state index in [2.05, 4.69) is 27.4 Å². The molecule has 2 atom stereocenters. The molecule has 3 heterocycles. The van der Waals surface area contributed by atoms with Crippen LogP contribution in [0, 0.1) is 0 Å². The smallest absolute Gasteiger partial charge is 0.234 e. The van der Waals surface area contributed by atoms with Gasteiger partial charge in [-0.1, -0.05) is 12.1 Å². The highest BCUT2D eigenvalue weighted by atomic mass is 16.5. The summed E-state index contributed by atoms with van der Waals surface area (Å²) in [6.07, 6.45) is 4.53. The number of hydrogen-bond acceptors (Lipinski definition) is 6. The monoisotopic (exact) mass is 274 g/mol. The van der Waals surface area contributed by atoms with Crippen molar-refractivity contribution in [3.63, 3.8) is 0 Å². The Labute approximate surface area is 117 Å². The molecule has 0 spiro atoms. The predicted molar refractivity (Wildman–Crippen MR) is 73.2 cm³/mol. The van der Waals surface area contributed by atoms with Gasteiger partial charge in [0.05, 0.1) is 19.1 Å². The molecule has 0 radical (unpaired) electrons. The van der Waals surface area contributed by atoms with Gasteiger partial charge in [-0.3, -0.25) is 4.98 Å². The van der Waals surface area contributed by atoms with Gasteiger partial charge in [-0.2, -0.15) is 4.98 Å². The number of nitrogens with zero attached hydrogens (tertiary/aromatic N) is 3. The maximum atomic E-state index is 5.54. The van der Waals surface area contributed by atoms with Gasteiger partial charge in [-0.05, 0) is 25.1 Å².